The molecular weight excluding hydrogens is 277 g/mol. The number of carboxylic acid groups (broad SMARTS) is 1. The molecule has 1 aliphatic rings. The molecule has 2 unspecified atom stereocenters. The maximum absolute atomic E-state index is 11.9. The highest BCUT2D eigenvalue weighted by Crippen LogP contribution is 2.35. The first kappa shape index (κ1) is 13.2. The lowest BCUT2D eigenvalue weighted by Crippen LogP contribution is -2.41. The Hall–Kier alpha value is -1.26. The maximum Gasteiger partial charge on any atom is 0.307 e. The predicted octanol–water partition coefficient (Wildman–Crippen LogP) is 3.04. The van der Waals surface area contributed by atoms with Gasteiger partial charge >= 0.3 is 5.97 Å². The van der Waals surface area contributed by atoms with Crippen LogP contribution >= 0.6 is 23.2 Å². The third-order valence-electron chi connectivity index (χ3n) is 3.12. The van der Waals surface area contributed by atoms with Crippen molar-refractivity contribution < 1.29 is 14.7 Å². The number of carboxylic acids is 1. The van der Waals surface area contributed by atoms with Gasteiger partial charge in [0.15, 0.2) is 0 Å². The quantitative estimate of drug-likeness (QED) is 0.898. The summed E-state index contributed by atoms with van der Waals surface area (Å²) >= 11 is 11.6. The number of halogens is 2. The van der Waals surface area contributed by atoms with Crippen LogP contribution in [0.15, 0.2) is 18.2 Å². The highest BCUT2D eigenvalue weighted by molar-refractivity contribution is 6.42. The van der Waals surface area contributed by atoms with Crippen molar-refractivity contribution in [3.05, 3.63) is 28.2 Å². The van der Waals surface area contributed by atoms with Gasteiger partial charge in [0, 0.05) is 5.69 Å². The van der Waals surface area contributed by atoms with E-state index in [0.717, 1.165) is 0 Å². The molecule has 2 atom stereocenters. The summed E-state index contributed by atoms with van der Waals surface area (Å²) in [5, 5.41) is 12.3. The lowest BCUT2D eigenvalue weighted by molar-refractivity contribution is -0.151. The molecule has 0 saturated heterocycles. The van der Waals surface area contributed by atoms with Gasteiger partial charge in [0.05, 0.1) is 21.9 Å². The van der Waals surface area contributed by atoms with Crippen LogP contribution in [-0.2, 0) is 9.59 Å². The lowest BCUT2D eigenvalue weighted by Gasteiger charge is -2.31. The molecule has 96 valence electrons. The van der Waals surface area contributed by atoms with Gasteiger partial charge < -0.3 is 10.4 Å². The van der Waals surface area contributed by atoms with Crippen molar-refractivity contribution in [2.75, 3.05) is 5.32 Å². The number of hydrogen-bond donors (Lipinski definition) is 2. The second-order valence-electron chi connectivity index (χ2n) is 4.25. The first-order valence-corrected chi connectivity index (χ1v) is 6.23. The Kier molecular flexibility index (Phi) is 3.78. The van der Waals surface area contributed by atoms with E-state index in [2.05, 4.69) is 5.32 Å². The second-order valence-corrected chi connectivity index (χ2v) is 5.06. The Bertz CT molecular complexity index is 504. The summed E-state index contributed by atoms with van der Waals surface area (Å²) in [6.45, 7) is 0. The zero-order valence-corrected chi connectivity index (χ0v) is 10.8. The number of aliphatic carboxylic acids is 1. The number of benzene rings is 1. The van der Waals surface area contributed by atoms with Crippen molar-refractivity contribution in [1.29, 1.82) is 0 Å². The first-order valence-electron chi connectivity index (χ1n) is 5.48. The van der Waals surface area contributed by atoms with Crippen LogP contribution in [0.25, 0.3) is 0 Å². The van der Waals surface area contributed by atoms with E-state index in [1.807, 2.05) is 0 Å². The van der Waals surface area contributed by atoms with Crippen LogP contribution in [-0.4, -0.2) is 17.0 Å². The minimum Gasteiger partial charge on any atom is -0.481 e. The fourth-order valence-corrected chi connectivity index (χ4v) is 2.22. The fraction of sp³-hybridized carbons (Fsp3) is 0.333. The van der Waals surface area contributed by atoms with Gasteiger partial charge in [-0.1, -0.05) is 23.2 Å². The van der Waals surface area contributed by atoms with E-state index in [1.54, 1.807) is 12.1 Å². The van der Waals surface area contributed by atoms with Crippen LogP contribution in [0, 0.1) is 11.8 Å². The van der Waals surface area contributed by atoms with Crippen molar-refractivity contribution in [1.82, 2.24) is 0 Å². The molecule has 1 fully saturated rings. The summed E-state index contributed by atoms with van der Waals surface area (Å²) in [6, 6.07) is 4.74. The molecule has 0 bridgehead atoms. The number of nitrogens with one attached hydrogen (secondary N) is 1. The molecule has 1 saturated carbocycles. The minimum absolute atomic E-state index is 0.285. The molecule has 0 heterocycles. The average molecular weight is 288 g/mol. The van der Waals surface area contributed by atoms with Crippen LogP contribution < -0.4 is 5.32 Å². The molecule has 18 heavy (non-hydrogen) atoms. The molecule has 1 aromatic carbocycles. The third kappa shape index (κ3) is 2.60. The lowest BCUT2D eigenvalue weighted by atomic mass is 9.73. The summed E-state index contributed by atoms with van der Waals surface area (Å²) < 4.78 is 0. The van der Waals surface area contributed by atoms with Crippen LogP contribution in [0.1, 0.15) is 12.8 Å². The van der Waals surface area contributed by atoms with Gasteiger partial charge in [-0.05, 0) is 31.0 Å². The Labute approximate surface area is 114 Å². The Morgan fingerprint density at radius 3 is 2.33 bits per heavy atom. The highest BCUT2D eigenvalue weighted by Gasteiger charge is 2.41. The van der Waals surface area contributed by atoms with E-state index in [1.165, 1.54) is 6.07 Å². The van der Waals surface area contributed by atoms with Crippen molar-refractivity contribution in [3.8, 4) is 0 Å². The van der Waals surface area contributed by atoms with Crippen molar-refractivity contribution in [2.45, 2.75) is 12.8 Å². The molecule has 0 aliphatic heterocycles. The summed E-state index contributed by atoms with van der Waals surface area (Å²) in [7, 11) is 0. The van der Waals surface area contributed by atoms with Gasteiger partial charge in [0.1, 0.15) is 0 Å². The Morgan fingerprint density at radius 1 is 1.17 bits per heavy atom. The number of amides is 1. The van der Waals surface area contributed by atoms with E-state index in [9.17, 15) is 9.59 Å². The molecule has 0 spiro atoms. The number of carbonyl (C=O) groups is 2. The molecule has 0 aromatic heterocycles. The Balaban J connectivity index is 2.03. The van der Waals surface area contributed by atoms with Gasteiger partial charge in [0.2, 0.25) is 5.91 Å². The molecule has 1 aliphatic carbocycles. The number of carbonyl (C=O) groups excluding carboxylic acids is 1. The van der Waals surface area contributed by atoms with E-state index >= 15 is 0 Å². The van der Waals surface area contributed by atoms with E-state index < -0.39 is 17.8 Å². The smallest absolute Gasteiger partial charge is 0.307 e. The molecule has 0 radical (unpaired) electrons. The SMILES string of the molecule is O=C(O)C1CCC1C(=O)Nc1ccc(Cl)c(Cl)c1. The van der Waals surface area contributed by atoms with Gasteiger partial charge in [0.25, 0.3) is 0 Å². The van der Waals surface area contributed by atoms with Crippen LogP contribution in [0.5, 0.6) is 0 Å². The maximum atomic E-state index is 11.9. The number of anilines is 1. The monoisotopic (exact) mass is 287 g/mol. The minimum atomic E-state index is -0.921. The zero-order valence-electron chi connectivity index (χ0n) is 9.32. The van der Waals surface area contributed by atoms with E-state index in [4.69, 9.17) is 28.3 Å². The number of hydrogen-bond acceptors (Lipinski definition) is 2. The average Bonchev–Trinajstić information content (AvgIpc) is 2.20. The van der Waals surface area contributed by atoms with Gasteiger partial charge in [-0.3, -0.25) is 9.59 Å². The van der Waals surface area contributed by atoms with Gasteiger partial charge in [-0.15, -0.1) is 0 Å². The number of rotatable bonds is 3. The molecular formula is C12H11Cl2NO3. The van der Waals surface area contributed by atoms with Crippen molar-refractivity contribution in [3.63, 3.8) is 0 Å². The molecule has 6 heteroatoms. The van der Waals surface area contributed by atoms with Crippen molar-refractivity contribution in [2.24, 2.45) is 11.8 Å². The molecule has 1 amide bonds. The second kappa shape index (κ2) is 5.16. The first-order chi connectivity index (χ1) is 8.49. The summed E-state index contributed by atoms with van der Waals surface area (Å²) in [5.41, 5.74) is 0.519. The van der Waals surface area contributed by atoms with E-state index in [0.29, 0.717) is 28.6 Å². The normalized spacial score (nSPS) is 22.1. The van der Waals surface area contributed by atoms with Crippen molar-refractivity contribution >= 4 is 40.8 Å². The molecule has 2 rings (SSSR count). The topological polar surface area (TPSA) is 66.4 Å². The van der Waals surface area contributed by atoms with Gasteiger partial charge in [-0.25, -0.2) is 0 Å². The summed E-state index contributed by atoms with van der Waals surface area (Å²) in [6.07, 6.45) is 1.15. The van der Waals surface area contributed by atoms with Crippen LogP contribution in [0.3, 0.4) is 0 Å². The predicted molar refractivity (Wildman–Crippen MR) is 68.9 cm³/mol. The van der Waals surface area contributed by atoms with Gasteiger partial charge in [-0.2, -0.15) is 0 Å². The molecule has 4 nitrogen and oxygen atoms in total. The zero-order chi connectivity index (χ0) is 13.3. The Morgan fingerprint density at radius 2 is 1.83 bits per heavy atom. The molecule has 1 aromatic rings. The summed E-state index contributed by atoms with van der Waals surface area (Å²) in [4.78, 5) is 22.7. The third-order valence-corrected chi connectivity index (χ3v) is 3.85. The molecule has 2 N–H and O–H groups in total. The standard InChI is InChI=1S/C12H11Cl2NO3/c13-9-4-1-6(5-10(9)14)15-11(16)7-2-3-8(7)12(17)18/h1,4-5,7-8H,2-3H2,(H,15,16)(H,17,18). The summed E-state index contributed by atoms with van der Waals surface area (Å²) in [5.74, 6) is -2.24. The van der Waals surface area contributed by atoms with Crippen LogP contribution in [0.4, 0.5) is 5.69 Å². The highest BCUT2D eigenvalue weighted by atomic mass is 35.5. The largest absolute Gasteiger partial charge is 0.481 e. The fourth-order valence-electron chi connectivity index (χ4n) is 1.92. The van der Waals surface area contributed by atoms with Crippen LogP contribution in [0.2, 0.25) is 10.0 Å². The van der Waals surface area contributed by atoms with E-state index in [-0.39, 0.29) is 5.91 Å².